The number of rotatable bonds is 2. The first-order valence-electron chi connectivity index (χ1n) is 5.10. The quantitative estimate of drug-likeness (QED) is 0.614. The van der Waals surface area contributed by atoms with E-state index in [-0.39, 0.29) is 0 Å². The third kappa shape index (κ3) is 2.79. The molecule has 2 rings (SSSR count). The van der Waals surface area contributed by atoms with Crippen LogP contribution in [0.25, 0.3) is 11.6 Å². The van der Waals surface area contributed by atoms with Crippen molar-refractivity contribution in [2.75, 3.05) is 0 Å². The van der Waals surface area contributed by atoms with Crippen molar-refractivity contribution >= 4 is 34.2 Å². The second-order valence-corrected chi connectivity index (χ2v) is 4.56. The summed E-state index contributed by atoms with van der Waals surface area (Å²) in [5.74, 6) is 0.639. The van der Waals surface area contributed by atoms with E-state index in [1.807, 2.05) is 18.2 Å². The molecule has 1 aromatic carbocycles. The molecule has 0 saturated carbocycles. The number of nitriles is 2. The van der Waals surface area contributed by atoms with E-state index in [2.05, 4.69) is 28.7 Å². The number of allylic oxidation sites excluding steroid dienone is 1. The summed E-state index contributed by atoms with van der Waals surface area (Å²) in [6.45, 7) is 0. The molecule has 0 aliphatic rings. The van der Waals surface area contributed by atoms with E-state index in [1.165, 1.54) is 0 Å². The lowest BCUT2D eigenvalue weighted by atomic mass is 10.0. The second kappa shape index (κ2) is 5.52. The number of halogens is 1. The average molecular weight is 346 g/mol. The summed E-state index contributed by atoms with van der Waals surface area (Å²) < 4.78 is 6.16. The Morgan fingerprint density at radius 1 is 1.11 bits per heavy atom. The molecule has 0 bridgehead atoms. The number of nitrogens with zero attached hydrogens (tertiary/aromatic N) is 2. The fraction of sp³-hybridized carbons (Fsp3) is 0. The van der Waals surface area contributed by atoms with Crippen molar-refractivity contribution in [3.63, 3.8) is 0 Å². The number of furan rings is 1. The van der Waals surface area contributed by atoms with Gasteiger partial charge < -0.3 is 4.42 Å². The zero-order chi connectivity index (χ0) is 13.0. The lowest BCUT2D eigenvalue weighted by Crippen LogP contribution is -1.82. The molecule has 0 aliphatic carbocycles. The Labute approximate surface area is 118 Å². The second-order valence-electron chi connectivity index (χ2n) is 3.50. The van der Waals surface area contributed by atoms with Gasteiger partial charge in [-0.1, -0.05) is 12.1 Å². The fourth-order valence-corrected chi connectivity index (χ4v) is 1.89. The normalized spacial score (nSPS) is 10.7. The average Bonchev–Trinajstić information content (AvgIpc) is 2.82. The van der Waals surface area contributed by atoms with Crippen molar-refractivity contribution in [3.05, 3.63) is 57.1 Å². The van der Waals surface area contributed by atoms with Gasteiger partial charge in [-0.2, -0.15) is 10.5 Å². The van der Waals surface area contributed by atoms with Crippen LogP contribution in [0.1, 0.15) is 16.9 Å². The van der Waals surface area contributed by atoms with Crippen molar-refractivity contribution in [3.8, 4) is 12.1 Å². The molecule has 0 aliphatic heterocycles. The monoisotopic (exact) mass is 346 g/mol. The Morgan fingerprint density at radius 3 is 2.33 bits per heavy atom. The smallest absolute Gasteiger partial charge is 0.164 e. The highest BCUT2D eigenvalue weighted by atomic mass is 127. The summed E-state index contributed by atoms with van der Waals surface area (Å²) in [6, 6.07) is 14.7. The van der Waals surface area contributed by atoms with Gasteiger partial charge in [0, 0.05) is 0 Å². The molecule has 2 aromatic rings. The van der Waals surface area contributed by atoms with Gasteiger partial charge in [-0.15, -0.1) is 0 Å². The van der Waals surface area contributed by atoms with Gasteiger partial charge in [-0.25, -0.2) is 0 Å². The Bertz CT molecular complexity index is 669. The highest BCUT2D eigenvalue weighted by Crippen LogP contribution is 2.20. The Morgan fingerprint density at radius 2 is 1.83 bits per heavy atom. The maximum Gasteiger partial charge on any atom is 0.164 e. The summed E-state index contributed by atoms with van der Waals surface area (Å²) in [7, 11) is 0. The molecule has 86 valence electrons. The van der Waals surface area contributed by atoms with Crippen LogP contribution in [0.15, 0.2) is 40.8 Å². The number of benzene rings is 1. The predicted molar refractivity (Wildman–Crippen MR) is 76.1 cm³/mol. The SMILES string of the molecule is N#C/C(=C/c1ccc(I)o1)c1ccc(C#N)cc1. The van der Waals surface area contributed by atoms with E-state index < -0.39 is 0 Å². The maximum absolute atomic E-state index is 9.15. The predicted octanol–water partition coefficient (Wildman–Crippen LogP) is 3.82. The summed E-state index contributed by atoms with van der Waals surface area (Å²) in [4.78, 5) is 0. The third-order valence-corrected chi connectivity index (χ3v) is 2.91. The summed E-state index contributed by atoms with van der Waals surface area (Å²) in [5, 5.41) is 17.9. The van der Waals surface area contributed by atoms with Gasteiger partial charge in [-0.3, -0.25) is 0 Å². The van der Waals surface area contributed by atoms with Gasteiger partial charge in [0.05, 0.1) is 23.3 Å². The van der Waals surface area contributed by atoms with Crippen molar-refractivity contribution in [2.45, 2.75) is 0 Å². The van der Waals surface area contributed by atoms with Crippen LogP contribution in [-0.2, 0) is 0 Å². The van der Waals surface area contributed by atoms with Crippen LogP contribution in [-0.4, -0.2) is 0 Å². The van der Waals surface area contributed by atoms with E-state index in [1.54, 1.807) is 30.3 Å². The van der Waals surface area contributed by atoms with Crippen LogP contribution < -0.4 is 0 Å². The largest absolute Gasteiger partial charge is 0.451 e. The van der Waals surface area contributed by atoms with Gasteiger partial charge >= 0.3 is 0 Å². The molecule has 0 N–H and O–H groups in total. The lowest BCUT2D eigenvalue weighted by molar-refractivity contribution is 0.528. The first-order chi connectivity index (χ1) is 8.72. The summed E-state index contributed by atoms with van der Waals surface area (Å²) in [6.07, 6.45) is 1.68. The van der Waals surface area contributed by atoms with Crippen LogP contribution in [0.2, 0.25) is 0 Å². The molecule has 3 nitrogen and oxygen atoms in total. The molecule has 0 unspecified atom stereocenters. The first kappa shape index (κ1) is 12.4. The molecule has 1 heterocycles. The molecular formula is C14H7IN2O. The highest BCUT2D eigenvalue weighted by molar-refractivity contribution is 14.1. The molecule has 0 radical (unpaired) electrons. The third-order valence-electron chi connectivity index (χ3n) is 2.33. The maximum atomic E-state index is 9.15. The molecule has 0 amide bonds. The van der Waals surface area contributed by atoms with Crippen LogP contribution in [0.5, 0.6) is 0 Å². The zero-order valence-corrected chi connectivity index (χ0v) is 11.4. The highest BCUT2D eigenvalue weighted by Gasteiger charge is 2.03. The summed E-state index contributed by atoms with van der Waals surface area (Å²) in [5.41, 5.74) is 1.84. The molecule has 1 aromatic heterocycles. The zero-order valence-electron chi connectivity index (χ0n) is 9.22. The van der Waals surface area contributed by atoms with Crippen molar-refractivity contribution in [1.29, 1.82) is 10.5 Å². The Kier molecular flexibility index (Phi) is 3.81. The van der Waals surface area contributed by atoms with Crippen molar-refractivity contribution in [2.24, 2.45) is 0 Å². The molecule has 0 saturated heterocycles. The van der Waals surface area contributed by atoms with Crippen LogP contribution in [0, 0.1) is 26.4 Å². The molecule has 0 atom stereocenters. The minimum atomic E-state index is 0.505. The minimum absolute atomic E-state index is 0.505. The van der Waals surface area contributed by atoms with Crippen LogP contribution in [0.3, 0.4) is 0 Å². The first-order valence-corrected chi connectivity index (χ1v) is 6.18. The minimum Gasteiger partial charge on any atom is -0.451 e. The number of hydrogen-bond donors (Lipinski definition) is 0. The Hall–Kier alpha value is -2.05. The van der Waals surface area contributed by atoms with Crippen molar-refractivity contribution < 1.29 is 4.42 Å². The van der Waals surface area contributed by atoms with E-state index in [9.17, 15) is 0 Å². The lowest BCUT2D eigenvalue weighted by Gasteiger charge is -1.98. The van der Waals surface area contributed by atoms with Gasteiger partial charge in [0.1, 0.15) is 5.76 Å². The molecule has 4 heteroatoms. The fourth-order valence-electron chi connectivity index (χ4n) is 1.45. The topological polar surface area (TPSA) is 60.7 Å². The van der Waals surface area contributed by atoms with Gasteiger partial charge in [0.2, 0.25) is 0 Å². The molecule has 0 spiro atoms. The van der Waals surface area contributed by atoms with Gasteiger partial charge in [0.25, 0.3) is 0 Å². The van der Waals surface area contributed by atoms with E-state index in [0.29, 0.717) is 16.9 Å². The van der Waals surface area contributed by atoms with Crippen molar-refractivity contribution in [1.82, 2.24) is 0 Å². The van der Waals surface area contributed by atoms with E-state index in [0.717, 1.165) is 9.33 Å². The molecular weight excluding hydrogens is 339 g/mol. The van der Waals surface area contributed by atoms with Crippen LogP contribution >= 0.6 is 22.6 Å². The molecule has 0 fully saturated rings. The van der Waals surface area contributed by atoms with Crippen LogP contribution in [0.4, 0.5) is 0 Å². The number of hydrogen-bond acceptors (Lipinski definition) is 3. The van der Waals surface area contributed by atoms with E-state index in [4.69, 9.17) is 14.9 Å². The Balaban J connectivity index is 2.37. The van der Waals surface area contributed by atoms with Gasteiger partial charge in [0.15, 0.2) is 3.77 Å². The summed E-state index contributed by atoms with van der Waals surface area (Å²) >= 11 is 2.07. The van der Waals surface area contributed by atoms with E-state index >= 15 is 0 Å². The molecule has 18 heavy (non-hydrogen) atoms. The van der Waals surface area contributed by atoms with Gasteiger partial charge in [-0.05, 0) is 58.5 Å². The standard InChI is InChI=1S/C14H7IN2O/c15-14-6-5-13(18-14)7-12(9-17)11-3-1-10(8-16)2-4-11/h1-7H/b12-7-.